The fourth-order valence-electron chi connectivity index (χ4n) is 3.76. The van der Waals surface area contributed by atoms with Gasteiger partial charge in [0.2, 0.25) is 15.9 Å². The molecule has 1 saturated heterocycles. The number of sulfonamides is 1. The van der Waals surface area contributed by atoms with Gasteiger partial charge in [-0.3, -0.25) is 4.79 Å². The number of hydrogen-bond acceptors (Lipinski definition) is 3. The quantitative estimate of drug-likeness (QED) is 0.830. The SMILES string of the molecule is O=C(C1CCCN1S(=O)(=O)c1ccc(F)cc1)N1CCc2ccccc21. The van der Waals surface area contributed by atoms with E-state index in [-0.39, 0.29) is 10.8 Å². The molecule has 0 N–H and O–H groups in total. The molecule has 0 aliphatic carbocycles. The predicted octanol–water partition coefficient (Wildman–Crippen LogP) is 2.57. The van der Waals surface area contributed by atoms with Crippen molar-refractivity contribution < 1.29 is 17.6 Å². The van der Waals surface area contributed by atoms with Gasteiger partial charge in [-0.15, -0.1) is 0 Å². The topological polar surface area (TPSA) is 57.7 Å². The number of carbonyl (C=O) groups excluding carboxylic acids is 1. The Hall–Kier alpha value is -2.25. The summed E-state index contributed by atoms with van der Waals surface area (Å²) in [7, 11) is -3.84. The maximum atomic E-state index is 13.1. The third kappa shape index (κ3) is 2.81. The van der Waals surface area contributed by atoms with Crippen molar-refractivity contribution in [2.75, 3.05) is 18.0 Å². The van der Waals surface area contributed by atoms with Gasteiger partial charge in [-0.2, -0.15) is 4.31 Å². The Labute approximate surface area is 152 Å². The van der Waals surface area contributed by atoms with Crippen LogP contribution in [0.15, 0.2) is 53.4 Å². The normalized spacial score (nSPS) is 20.3. The highest BCUT2D eigenvalue weighted by Gasteiger charge is 2.42. The molecule has 2 aromatic carbocycles. The van der Waals surface area contributed by atoms with Crippen LogP contribution < -0.4 is 4.90 Å². The molecule has 1 unspecified atom stereocenters. The molecule has 7 heteroatoms. The van der Waals surface area contributed by atoms with Crippen LogP contribution in [-0.2, 0) is 21.2 Å². The Bertz CT molecular complexity index is 944. The average Bonchev–Trinajstić information content (AvgIpc) is 3.29. The molecule has 1 fully saturated rings. The number of benzene rings is 2. The molecule has 2 aliphatic heterocycles. The molecule has 2 aliphatic rings. The van der Waals surface area contributed by atoms with Crippen molar-refractivity contribution in [3.05, 3.63) is 59.9 Å². The van der Waals surface area contributed by atoms with Crippen LogP contribution in [0, 0.1) is 5.82 Å². The van der Waals surface area contributed by atoms with E-state index in [2.05, 4.69) is 0 Å². The number of amides is 1. The minimum Gasteiger partial charge on any atom is -0.310 e. The lowest BCUT2D eigenvalue weighted by Crippen LogP contribution is -2.47. The molecule has 1 amide bonds. The number of para-hydroxylation sites is 1. The van der Waals surface area contributed by atoms with Crippen LogP contribution in [0.25, 0.3) is 0 Å². The maximum Gasteiger partial charge on any atom is 0.245 e. The zero-order valence-electron chi connectivity index (χ0n) is 14.1. The van der Waals surface area contributed by atoms with Gasteiger partial charge in [0.25, 0.3) is 0 Å². The van der Waals surface area contributed by atoms with Gasteiger partial charge in [0, 0.05) is 18.8 Å². The Morgan fingerprint density at radius 1 is 1.04 bits per heavy atom. The molecule has 0 aromatic heterocycles. The molecule has 1 atom stereocenters. The van der Waals surface area contributed by atoms with Gasteiger partial charge < -0.3 is 4.90 Å². The second-order valence-electron chi connectivity index (χ2n) is 6.60. The number of carbonyl (C=O) groups is 1. The summed E-state index contributed by atoms with van der Waals surface area (Å²) in [6, 6.07) is 11.7. The minimum atomic E-state index is -3.84. The molecule has 5 nitrogen and oxygen atoms in total. The first-order valence-electron chi connectivity index (χ1n) is 8.65. The molecule has 0 saturated carbocycles. The van der Waals surface area contributed by atoms with Gasteiger partial charge in [-0.25, -0.2) is 12.8 Å². The molecule has 0 radical (unpaired) electrons. The highest BCUT2D eigenvalue weighted by Crippen LogP contribution is 2.32. The third-order valence-electron chi connectivity index (χ3n) is 5.06. The van der Waals surface area contributed by atoms with Gasteiger partial charge in [0.1, 0.15) is 11.9 Å². The number of fused-ring (bicyclic) bond motifs is 1. The monoisotopic (exact) mass is 374 g/mol. The Kier molecular flexibility index (Phi) is 4.28. The molecule has 0 spiro atoms. The van der Waals surface area contributed by atoms with Gasteiger partial charge >= 0.3 is 0 Å². The highest BCUT2D eigenvalue weighted by molar-refractivity contribution is 7.89. The van der Waals surface area contributed by atoms with Crippen LogP contribution >= 0.6 is 0 Å². The molecule has 26 heavy (non-hydrogen) atoms. The minimum absolute atomic E-state index is 0.0143. The molecule has 0 bridgehead atoms. The van der Waals surface area contributed by atoms with E-state index in [0.717, 1.165) is 29.8 Å². The first-order valence-corrected chi connectivity index (χ1v) is 10.1. The lowest BCUT2D eigenvalue weighted by molar-refractivity contribution is -0.121. The van der Waals surface area contributed by atoms with Crippen molar-refractivity contribution in [1.82, 2.24) is 4.31 Å². The smallest absolute Gasteiger partial charge is 0.245 e. The molecule has 2 aromatic rings. The first-order chi connectivity index (χ1) is 12.5. The zero-order valence-corrected chi connectivity index (χ0v) is 15.0. The maximum absolute atomic E-state index is 13.1. The summed E-state index contributed by atoms with van der Waals surface area (Å²) >= 11 is 0. The summed E-state index contributed by atoms with van der Waals surface area (Å²) < 4.78 is 40.3. The van der Waals surface area contributed by atoms with Gasteiger partial charge in [-0.05, 0) is 55.2 Å². The van der Waals surface area contributed by atoms with Crippen molar-refractivity contribution in [2.45, 2.75) is 30.2 Å². The van der Waals surface area contributed by atoms with Crippen LogP contribution in [0.1, 0.15) is 18.4 Å². The van der Waals surface area contributed by atoms with E-state index in [0.29, 0.717) is 25.9 Å². The second kappa shape index (κ2) is 6.48. The summed E-state index contributed by atoms with van der Waals surface area (Å²) in [5.41, 5.74) is 1.97. The fraction of sp³-hybridized carbons (Fsp3) is 0.316. The summed E-state index contributed by atoms with van der Waals surface area (Å²) in [5.74, 6) is -0.676. The predicted molar refractivity (Wildman–Crippen MR) is 95.8 cm³/mol. The zero-order chi connectivity index (χ0) is 18.3. The van der Waals surface area contributed by atoms with E-state index in [1.807, 2.05) is 24.3 Å². The Morgan fingerprint density at radius 3 is 2.54 bits per heavy atom. The van der Waals surface area contributed by atoms with E-state index < -0.39 is 21.9 Å². The average molecular weight is 374 g/mol. The number of halogens is 1. The van der Waals surface area contributed by atoms with Crippen LogP contribution in [0.3, 0.4) is 0 Å². The molecule has 2 heterocycles. The van der Waals surface area contributed by atoms with Crippen molar-refractivity contribution >= 4 is 21.6 Å². The van der Waals surface area contributed by atoms with Crippen LogP contribution in [0.4, 0.5) is 10.1 Å². The second-order valence-corrected chi connectivity index (χ2v) is 8.49. The third-order valence-corrected chi connectivity index (χ3v) is 6.98. The van der Waals surface area contributed by atoms with Crippen LogP contribution in [0.2, 0.25) is 0 Å². The van der Waals surface area contributed by atoms with Crippen LogP contribution in [0.5, 0.6) is 0 Å². The number of hydrogen-bond donors (Lipinski definition) is 0. The molecular weight excluding hydrogens is 355 g/mol. The Balaban J connectivity index is 1.63. The van der Waals surface area contributed by atoms with E-state index in [4.69, 9.17) is 0 Å². The van der Waals surface area contributed by atoms with E-state index >= 15 is 0 Å². The van der Waals surface area contributed by atoms with Gasteiger partial charge in [-0.1, -0.05) is 18.2 Å². The van der Waals surface area contributed by atoms with Crippen molar-refractivity contribution in [3.63, 3.8) is 0 Å². The fourth-order valence-corrected chi connectivity index (χ4v) is 5.41. The number of anilines is 1. The summed E-state index contributed by atoms with van der Waals surface area (Å²) in [4.78, 5) is 14.8. The number of rotatable bonds is 3. The largest absolute Gasteiger partial charge is 0.310 e. The van der Waals surface area contributed by atoms with E-state index in [9.17, 15) is 17.6 Å². The standard InChI is InChI=1S/C19H19FN2O3S/c20-15-7-9-16(10-8-15)26(24,25)22-12-3-6-18(22)19(23)21-13-11-14-4-1-2-5-17(14)21/h1-2,4-5,7-10,18H,3,6,11-13H2. The van der Waals surface area contributed by atoms with E-state index in [1.54, 1.807) is 4.90 Å². The lowest BCUT2D eigenvalue weighted by atomic mass is 10.1. The number of nitrogens with zero attached hydrogens (tertiary/aromatic N) is 2. The lowest BCUT2D eigenvalue weighted by Gasteiger charge is -2.27. The molecule has 136 valence electrons. The molecule has 4 rings (SSSR count). The first kappa shape index (κ1) is 17.2. The molecular formula is C19H19FN2O3S. The van der Waals surface area contributed by atoms with E-state index in [1.165, 1.54) is 16.4 Å². The summed E-state index contributed by atoms with van der Waals surface area (Å²) in [5, 5.41) is 0. The van der Waals surface area contributed by atoms with Gasteiger partial charge in [0.05, 0.1) is 4.90 Å². The highest BCUT2D eigenvalue weighted by atomic mass is 32.2. The van der Waals surface area contributed by atoms with Gasteiger partial charge in [0.15, 0.2) is 0 Å². The van der Waals surface area contributed by atoms with Crippen molar-refractivity contribution in [3.8, 4) is 0 Å². The van der Waals surface area contributed by atoms with Crippen molar-refractivity contribution in [1.29, 1.82) is 0 Å². The summed E-state index contributed by atoms with van der Waals surface area (Å²) in [6.07, 6.45) is 1.91. The summed E-state index contributed by atoms with van der Waals surface area (Å²) in [6.45, 7) is 0.866. The van der Waals surface area contributed by atoms with Crippen LogP contribution in [-0.4, -0.2) is 37.8 Å². The van der Waals surface area contributed by atoms with Crippen molar-refractivity contribution in [2.24, 2.45) is 0 Å². The Morgan fingerprint density at radius 2 is 1.77 bits per heavy atom.